The summed E-state index contributed by atoms with van der Waals surface area (Å²) < 4.78 is 33.2. The third kappa shape index (κ3) is 7.11. The number of hydrogen-bond donors (Lipinski definition) is 2. The average Bonchev–Trinajstić information content (AvgIpc) is 2.63. The van der Waals surface area contributed by atoms with Gasteiger partial charge in [0.05, 0.1) is 17.2 Å². The van der Waals surface area contributed by atoms with E-state index >= 15 is 0 Å². The van der Waals surface area contributed by atoms with Gasteiger partial charge in [0.1, 0.15) is 5.75 Å². The van der Waals surface area contributed by atoms with Crippen LogP contribution in [0.4, 0.5) is 5.69 Å². The fourth-order valence-corrected chi connectivity index (χ4v) is 3.67. The Hall–Kier alpha value is -2.25. The highest BCUT2D eigenvalue weighted by Crippen LogP contribution is 2.30. The van der Waals surface area contributed by atoms with Crippen molar-refractivity contribution < 1.29 is 23.1 Å². The molecule has 0 spiro atoms. The van der Waals surface area contributed by atoms with Crippen molar-refractivity contribution in [1.29, 1.82) is 0 Å². The Balaban J connectivity index is 1.95. The second kappa shape index (κ2) is 10.2. The van der Waals surface area contributed by atoms with Crippen molar-refractivity contribution in [3.05, 3.63) is 53.6 Å². The van der Waals surface area contributed by atoms with E-state index in [1.807, 2.05) is 0 Å². The molecule has 0 saturated heterocycles. The van der Waals surface area contributed by atoms with Gasteiger partial charge in [-0.1, -0.05) is 42.6 Å². The van der Waals surface area contributed by atoms with Crippen molar-refractivity contribution in [1.82, 2.24) is 0 Å². The number of anilines is 1. The van der Waals surface area contributed by atoms with Gasteiger partial charge in [-0.25, -0.2) is 8.42 Å². The van der Waals surface area contributed by atoms with Crippen LogP contribution in [0.25, 0.3) is 0 Å². The zero-order chi connectivity index (χ0) is 19.7. The number of carbonyl (C=O) groups is 1. The summed E-state index contributed by atoms with van der Waals surface area (Å²) in [4.78, 5) is 10.6. The SMILES string of the molecule is O=C(O)CCCCCCOc1cc(Cl)ccc1NS(=O)(=O)c1ccccc1. The number of carboxylic acids is 1. The van der Waals surface area contributed by atoms with Gasteiger partial charge in [0.25, 0.3) is 10.0 Å². The normalized spacial score (nSPS) is 11.1. The molecular weight excluding hydrogens is 390 g/mol. The second-order valence-corrected chi connectivity index (χ2v) is 8.08. The van der Waals surface area contributed by atoms with Gasteiger partial charge in [-0.05, 0) is 37.1 Å². The van der Waals surface area contributed by atoms with E-state index < -0.39 is 16.0 Å². The largest absolute Gasteiger partial charge is 0.491 e. The Morgan fingerprint density at radius 3 is 2.44 bits per heavy atom. The Bertz CT molecular complexity index is 856. The third-order valence-corrected chi connectivity index (χ3v) is 5.40. The molecule has 2 aromatic carbocycles. The molecule has 0 atom stereocenters. The molecule has 0 radical (unpaired) electrons. The predicted octanol–water partition coefficient (Wildman–Crippen LogP) is 4.55. The van der Waals surface area contributed by atoms with Crippen LogP contribution >= 0.6 is 11.6 Å². The summed E-state index contributed by atoms with van der Waals surface area (Å²) in [5.74, 6) is -0.437. The number of ether oxygens (including phenoxy) is 1. The molecule has 0 heterocycles. The van der Waals surface area contributed by atoms with Crippen LogP contribution in [-0.4, -0.2) is 26.1 Å². The molecule has 2 aromatic rings. The number of unbranched alkanes of at least 4 members (excludes halogenated alkanes) is 3. The van der Waals surface area contributed by atoms with Crippen LogP contribution in [0.15, 0.2) is 53.4 Å². The monoisotopic (exact) mass is 411 g/mol. The van der Waals surface area contributed by atoms with E-state index in [-0.39, 0.29) is 11.3 Å². The number of hydrogen-bond acceptors (Lipinski definition) is 4. The third-order valence-electron chi connectivity index (χ3n) is 3.78. The lowest BCUT2D eigenvalue weighted by Crippen LogP contribution is -2.14. The summed E-state index contributed by atoms with van der Waals surface area (Å²) in [6.07, 6.45) is 3.17. The van der Waals surface area contributed by atoms with Crippen LogP contribution < -0.4 is 9.46 Å². The standard InChI is InChI=1S/C19H22ClNO5S/c20-15-11-12-17(21-27(24,25)16-8-4-3-5-9-16)18(14-15)26-13-7-2-1-6-10-19(22)23/h3-5,8-9,11-12,14,21H,1-2,6-7,10,13H2,(H,22,23). The van der Waals surface area contributed by atoms with Crippen molar-refractivity contribution in [3.63, 3.8) is 0 Å². The van der Waals surface area contributed by atoms with E-state index in [1.165, 1.54) is 12.1 Å². The topological polar surface area (TPSA) is 92.7 Å². The molecule has 0 fully saturated rings. The number of nitrogens with one attached hydrogen (secondary N) is 1. The molecule has 2 N–H and O–H groups in total. The summed E-state index contributed by atoms with van der Waals surface area (Å²) in [7, 11) is -3.73. The first-order valence-corrected chi connectivity index (χ1v) is 10.5. The molecule has 0 amide bonds. The zero-order valence-corrected chi connectivity index (χ0v) is 16.3. The Morgan fingerprint density at radius 2 is 1.74 bits per heavy atom. The van der Waals surface area contributed by atoms with E-state index in [1.54, 1.807) is 36.4 Å². The lowest BCUT2D eigenvalue weighted by Gasteiger charge is -2.14. The van der Waals surface area contributed by atoms with Crippen molar-refractivity contribution >= 4 is 33.3 Å². The predicted molar refractivity (Wildman–Crippen MR) is 105 cm³/mol. The van der Waals surface area contributed by atoms with Crippen molar-refractivity contribution in [2.24, 2.45) is 0 Å². The molecule has 146 valence electrons. The highest BCUT2D eigenvalue weighted by atomic mass is 35.5. The summed E-state index contributed by atoms with van der Waals surface area (Å²) in [5, 5.41) is 9.04. The molecule has 0 aliphatic rings. The molecule has 2 rings (SSSR count). The van der Waals surface area contributed by atoms with Crippen LogP contribution in [0.1, 0.15) is 32.1 Å². The Morgan fingerprint density at radius 1 is 1.04 bits per heavy atom. The number of carboxylic acid groups (broad SMARTS) is 1. The molecule has 0 aromatic heterocycles. The fraction of sp³-hybridized carbons (Fsp3) is 0.316. The number of benzene rings is 2. The fourth-order valence-electron chi connectivity index (χ4n) is 2.42. The van der Waals surface area contributed by atoms with Gasteiger partial charge in [0.15, 0.2) is 0 Å². The van der Waals surface area contributed by atoms with Crippen LogP contribution in [-0.2, 0) is 14.8 Å². The molecule has 8 heteroatoms. The van der Waals surface area contributed by atoms with Gasteiger partial charge in [0.2, 0.25) is 0 Å². The second-order valence-electron chi connectivity index (χ2n) is 5.97. The van der Waals surface area contributed by atoms with E-state index in [4.69, 9.17) is 21.4 Å². The lowest BCUT2D eigenvalue weighted by molar-refractivity contribution is -0.137. The van der Waals surface area contributed by atoms with Gasteiger partial charge in [0, 0.05) is 17.5 Å². The van der Waals surface area contributed by atoms with E-state index in [0.29, 0.717) is 29.5 Å². The van der Waals surface area contributed by atoms with Crippen molar-refractivity contribution in [2.75, 3.05) is 11.3 Å². The summed E-state index contributed by atoms with van der Waals surface area (Å²) in [6.45, 7) is 0.382. The molecule has 0 bridgehead atoms. The van der Waals surface area contributed by atoms with Crippen LogP contribution in [0.3, 0.4) is 0 Å². The number of halogens is 1. The van der Waals surface area contributed by atoms with E-state index in [2.05, 4.69) is 4.72 Å². The summed E-state index contributed by atoms with van der Waals surface area (Å²) >= 11 is 6.00. The zero-order valence-electron chi connectivity index (χ0n) is 14.7. The van der Waals surface area contributed by atoms with Gasteiger partial charge in [-0.2, -0.15) is 0 Å². The van der Waals surface area contributed by atoms with Crippen molar-refractivity contribution in [2.45, 2.75) is 37.0 Å². The van der Waals surface area contributed by atoms with Crippen LogP contribution in [0, 0.1) is 0 Å². The minimum absolute atomic E-state index is 0.157. The Kier molecular flexibility index (Phi) is 7.94. The molecule has 0 aliphatic heterocycles. The van der Waals surface area contributed by atoms with Gasteiger partial charge in [-0.3, -0.25) is 9.52 Å². The first-order chi connectivity index (χ1) is 12.9. The molecule has 0 aliphatic carbocycles. The highest BCUT2D eigenvalue weighted by Gasteiger charge is 2.16. The summed E-state index contributed by atoms with van der Waals surface area (Å²) in [6, 6.07) is 12.8. The molecule has 6 nitrogen and oxygen atoms in total. The first kappa shape index (κ1) is 21.1. The maximum absolute atomic E-state index is 12.5. The van der Waals surface area contributed by atoms with Gasteiger partial charge < -0.3 is 9.84 Å². The number of sulfonamides is 1. The quantitative estimate of drug-likeness (QED) is 0.529. The van der Waals surface area contributed by atoms with E-state index in [0.717, 1.165) is 19.3 Å². The molecule has 0 saturated carbocycles. The number of aliphatic carboxylic acids is 1. The minimum Gasteiger partial charge on any atom is -0.491 e. The maximum Gasteiger partial charge on any atom is 0.303 e. The van der Waals surface area contributed by atoms with Gasteiger partial charge >= 0.3 is 5.97 Å². The maximum atomic E-state index is 12.5. The average molecular weight is 412 g/mol. The van der Waals surface area contributed by atoms with Crippen molar-refractivity contribution in [3.8, 4) is 5.75 Å². The highest BCUT2D eigenvalue weighted by molar-refractivity contribution is 7.92. The summed E-state index contributed by atoms with van der Waals surface area (Å²) in [5.41, 5.74) is 0.314. The molecular formula is C19H22ClNO5S. The smallest absolute Gasteiger partial charge is 0.303 e. The van der Waals surface area contributed by atoms with Crippen LogP contribution in [0.2, 0.25) is 5.02 Å². The first-order valence-electron chi connectivity index (χ1n) is 8.60. The van der Waals surface area contributed by atoms with Crippen LogP contribution in [0.5, 0.6) is 5.75 Å². The lowest BCUT2D eigenvalue weighted by atomic mass is 10.1. The van der Waals surface area contributed by atoms with E-state index in [9.17, 15) is 13.2 Å². The molecule has 0 unspecified atom stereocenters. The number of rotatable bonds is 11. The molecule has 27 heavy (non-hydrogen) atoms. The minimum atomic E-state index is -3.73. The van der Waals surface area contributed by atoms with Gasteiger partial charge in [-0.15, -0.1) is 0 Å². The Labute approximate surface area is 164 Å².